The third kappa shape index (κ3) is 6.22. The van der Waals surface area contributed by atoms with Crippen LogP contribution in [0.4, 0.5) is 4.39 Å². The van der Waals surface area contributed by atoms with Crippen LogP contribution in [-0.4, -0.2) is 6.13 Å². The summed E-state index contributed by atoms with van der Waals surface area (Å²) in [6, 6.07) is 0. The summed E-state index contributed by atoms with van der Waals surface area (Å²) in [7, 11) is 0. The minimum absolute atomic E-state index is 0.778. The average molecular weight is 139 g/mol. The fourth-order valence-corrected chi connectivity index (χ4v) is 0.884. The predicted molar refractivity (Wildman–Crippen MR) is 34.9 cm³/mol. The van der Waals surface area contributed by atoms with Gasteiger partial charge in [-0.05, 0) is 0 Å². The van der Waals surface area contributed by atoms with Gasteiger partial charge in [-0.25, -0.2) is 4.39 Å². The molecule has 50 valence electrons. The highest BCUT2D eigenvalue weighted by Crippen LogP contribution is 2.15. The molecule has 0 amide bonds. The highest BCUT2D eigenvalue weighted by atomic mass is 35.5. The molecule has 8 heavy (non-hydrogen) atoms. The van der Waals surface area contributed by atoms with Crippen molar-refractivity contribution < 1.29 is 4.39 Å². The van der Waals surface area contributed by atoms with E-state index in [2.05, 4.69) is 11.6 Å². The quantitative estimate of drug-likeness (QED) is 0.452. The number of hydrogen-bond acceptors (Lipinski definition) is 0. The van der Waals surface area contributed by atoms with E-state index in [1.165, 1.54) is 32.1 Å². The lowest BCUT2D eigenvalue weighted by molar-refractivity contribution is 0.599. The molecule has 2 heteroatoms. The molecule has 0 bridgehead atoms. The molecule has 0 atom stereocenters. The molecule has 0 aromatic rings. The normalized spacial score (nSPS) is 17.2. The number of alkyl halides is 2. The third-order valence-corrected chi connectivity index (χ3v) is 1.25. The van der Waals surface area contributed by atoms with Crippen LogP contribution in [0.3, 0.4) is 0 Å². The summed E-state index contributed by atoms with van der Waals surface area (Å²) >= 11 is 4.33. The molecule has 0 N–H and O–H groups in total. The van der Waals surface area contributed by atoms with Gasteiger partial charge >= 0.3 is 0 Å². The van der Waals surface area contributed by atoms with Crippen LogP contribution in [0.2, 0.25) is 0 Å². The van der Waals surface area contributed by atoms with Crippen molar-refractivity contribution in [1.82, 2.24) is 0 Å². The van der Waals surface area contributed by atoms with Gasteiger partial charge in [0.15, 0.2) is 6.13 Å². The van der Waals surface area contributed by atoms with Crippen molar-refractivity contribution in [2.45, 2.75) is 32.1 Å². The first-order chi connectivity index (χ1) is 3.91. The van der Waals surface area contributed by atoms with Crippen LogP contribution < -0.4 is 0 Å². The lowest BCUT2D eigenvalue weighted by Gasteiger charge is -1.67. The van der Waals surface area contributed by atoms with Gasteiger partial charge in [0.1, 0.15) is 0 Å². The molecule has 0 saturated heterocycles. The Kier molecular flexibility index (Phi) is 7.42. The molecular formula is C6H12ClF. The Bertz CT molecular complexity index is 27.9. The summed E-state index contributed by atoms with van der Waals surface area (Å²) < 4.78 is 10.1. The van der Waals surface area contributed by atoms with Crippen molar-refractivity contribution >= 4 is 11.6 Å². The number of halogens is 2. The first kappa shape index (κ1) is 8.22. The van der Waals surface area contributed by atoms with E-state index >= 15 is 0 Å². The van der Waals surface area contributed by atoms with Crippen molar-refractivity contribution in [1.29, 1.82) is 0 Å². The maximum absolute atomic E-state index is 10.1. The molecule has 1 rings (SSSR count). The van der Waals surface area contributed by atoms with Gasteiger partial charge in [0, 0.05) is 0 Å². The van der Waals surface area contributed by atoms with E-state index in [1.54, 1.807) is 0 Å². The predicted octanol–water partition coefficient (Wildman–Crippen LogP) is 3.10. The van der Waals surface area contributed by atoms with E-state index in [0.717, 1.165) is 0 Å². The van der Waals surface area contributed by atoms with Gasteiger partial charge in [-0.15, -0.1) is 0 Å². The van der Waals surface area contributed by atoms with Gasteiger partial charge < -0.3 is 0 Å². The lowest BCUT2D eigenvalue weighted by atomic mass is 10.4. The molecule has 0 aromatic heterocycles. The first-order valence-corrected chi connectivity index (χ1v) is 3.57. The van der Waals surface area contributed by atoms with Crippen LogP contribution >= 0.6 is 11.6 Å². The van der Waals surface area contributed by atoms with Crippen LogP contribution in [0.15, 0.2) is 0 Å². The van der Waals surface area contributed by atoms with Gasteiger partial charge in [0.25, 0.3) is 0 Å². The molecule has 0 unspecified atom stereocenters. The summed E-state index contributed by atoms with van der Waals surface area (Å²) in [6.07, 6.45) is 6.72. The van der Waals surface area contributed by atoms with Crippen LogP contribution in [-0.2, 0) is 0 Å². The summed E-state index contributed by atoms with van der Waals surface area (Å²) in [5.74, 6) is 0. The third-order valence-electron chi connectivity index (χ3n) is 1.25. The monoisotopic (exact) mass is 138 g/mol. The molecule has 1 aliphatic rings. The Morgan fingerprint density at radius 2 is 1.12 bits per heavy atom. The Morgan fingerprint density at radius 3 is 1.25 bits per heavy atom. The first-order valence-electron chi connectivity index (χ1n) is 3.03. The smallest absolute Gasteiger partial charge is 0.163 e. The van der Waals surface area contributed by atoms with Crippen molar-refractivity contribution in [3.8, 4) is 0 Å². The minimum atomic E-state index is -0.778. The summed E-state index contributed by atoms with van der Waals surface area (Å²) in [5.41, 5.74) is 0. The van der Waals surface area contributed by atoms with E-state index in [9.17, 15) is 4.39 Å². The van der Waals surface area contributed by atoms with Crippen LogP contribution in [0, 0.1) is 0 Å². The fraction of sp³-hybridized carbons (Fsp3) is 1.00. The maximum Gasteiger partial charge on any atom is 0.163 e. The Morgan fingerprint density at radius 1 is 1.00 bits per heavy atom. The van der Waals surface area contributed by atoms with Gasteiger partial charge in [0.05, 0.1) is 0 Å². The number of rotatable bonds is 0. The molecule has 0 aromatic carbocycles. The standard InChI is InChI=1S/C5H10.CH2ClF/c1-2-4-5-3-1;2-1-3/h1-5H2;1H2. The Balaban J connectivity index is 0.000000145. The topological polar surface area (TPSA) is 0 Å². The maximum atomic E-state index is 10.1. The van der Waals surface area contributed by atoms with E-state index < -0.39 is 6.13 Å². The van der Waals surface area contributed by atoms with Gasteiger partial charge in [-0.3, -0.25) is 0 Å². The lowest BCUT2D eigenvalue weighted by Crippen LogP contribution is -1.47. The Hall–Kier alpha value is 0.220. The van der Waals surface area contributed by atoms with Crippen molar-refractivity contribution in [2.75, 3.05) is 6.13 Å². The molecule has 1 aliphatic carbocycles. The molecule has 1 saturated carbocycles. The summed E-state index contributed by atoms with van der Waals surface area (Å²) in [5, 5.41) is 0. The molecule has 1 fully saturated rings. The highest BCUT2D eigenvalue weighted by Gasteiger charge is 1.95. The van der Waals surface area contributed by atoms with E-state index in [4.69, 9.17) is 0 Å². The van der Waals surface area contributed by atoms with Crippen LogP contribution in [0.25, 0.3) is 0 Å². The van der Waals surface area contributed by atoms with Crippen LogP contribution in [0.1, 0.15) is 32.1 Å². The van der Waals surface area contributed by atoms with Gasteiger partial charge in [0.2, 0.25) is 0 Å². The minimum Gasteiger partial charge on any atom is -0.234 e. The van der Waals surface area contributed by atoms with E-state index in [-0.39, 0.29) is 0 Å². The van der Waals surface area contributed by atoms with E-state index in [1.807, 2.05) is 0 Å². The zero-order valence-electron chi connectivity index (χ0n) is 5.00. The summed E-state index contributed by atoms with van der Waals surface area (Å²) in [6.45, 7) is 0. The zero-order valence-corrected chi connectivity index (χ0v) is 5.75. The van der Waals surface area contributed by atoms with Gasteiger partial charge in [-0.1, -0.05) is 43.7 Å². The largest absolute Gasteiger partial charge is 0.234 e. The highest BCUT2D eigenvalue weighted by molar-refractivity contribution is 6.16. The molecule has 0 radical (unpaired) electrons. The zero-order chi connectivity index (χ0) is 6.24. The van der Waals surface area contributed by atoms with E-state index in [0.29, 0.717) is 0 Å². The molecule has 0 aliphatic heterocycles. The molecule has 0 nitrogen and oxygen atoms in total. The second-order valence-corrected chi connectivity index (χ2v) is 2.07. The van der Waals surface area contributed by atoms with Crippen molar-refractivity contribution in [2.24, 2.45) is 0 Å². The molecular weight excluding hydrogens is 127 g/mol. The molecule has 0 spiro atoms. The molecule has 0 heterocycles. The second-order valence-electron chi connectivity index (χ2n) is 1.87. The Labute approximate surface area is 55.0 Å². The van der Waals surface area contributed by atoms with Crippen molar-refractivity contribution in [3.63, 3.8) is 0 Å². The summed E-state index contributed by atoms with van der Waals surface area (Å²) in [4.78, 5) is 0. The van der Waals surface area contributed by atoms with Gasteiger partial charge in [-0.2, -0.15) is 0 Å². The SMILES string of the molecule is C1CCCC1.FCCl. The second kappa shape index (κ2) is 7.22. The number of hydrogen-bond donors (Lipinski definition) is 0. The van der Waals surface area contributed by atoms with Crippen LogP contribution in [0.5, 0.6) is 0 Å². The van der Waals surface area contributed by atoms with Crippen molar-refractivity contribution in [3.05, 3.63) is 0 Å². The average Bonchev–Trinajstić information content (AvgIpc) is 2.17. The fourth-order valence-electron chi connectivity index (χ4n) is 0.884.